The van der Waals surface area contributed by atoms with Crippen molar-refractivity contribution in [2.45, 2.75) is 65.4 Å². The molecule has 0 saturated heterocycles. The van der Waals surface area contributed by atoms with E-state index in [0.29, 0.717) is 18.7 Å². The molecule has 3 rings (SSSR count). The SMILES string of the molecule is CC[C@@H](C(=O)NCC(C)C)N(Cc1cccc(C)c1)C(=O)CN(c1cc(C)ccc1OC)S(=O)(=O)c1ccc(C)cc1. The maximum atomic E-state index is 14.3. The van der Waals surface area contributed by atoms with Gasteiger partial charge in [0.05, 0.1) is 17.7 Å². The monoisotopic (exact) mass is 593 g/mol. The Balaban J connectivity index is 2.12. The number of methoxy groups -OCH3 is 1. The number of carbonyl (C=O) groups is 2. The van der Waals surface area contributed by atoms with Crippen LogP contribution in [0.25, 0.3) is 0 Å². The predicted molar refractivity (Wildman–Crippen MR) is 167 cm³/mol. The first-order valence-electron chi connectivity index (χ1n) is 14.2. The van der Waals surface area contributed by atoms with Crippen LogP contribution in [0.1, 0.15) is 49.4 Å². The summed E-state index contributed by atoms with van der Waals surface area (Å²) in [6, 6.07) is 18.6. The first-order valence-corrected chi connectivity index (χ1v) is 15.7. The molecule has 3 aromatic rings. The molecule has 1 atom stereocenters. The molecule has 2 amide bonds. The van der Waals surface area contributed by atoms with Gasteiger partial charge < -0.3 is 15.0 Å². The minimum absolute atomic E-state index is 0.0522. The Labute approximate surface area is 250 Å². The number of rotatable bonds is 13. The molecule has 0 heterocycles. The second kappa shape index (κ2) is 14.4. The highest BCUT2D eigenvalue weighted by Gasteiger charge is 2.34. The van der Waals surface area contributed by atoms with Gasteiger partial charge in [0.15, 0.2) is 0 Å². The maximum absolute atomic E-state index is 14.3. The van der Waals surface area contributed by atoms with Crippen molar-refractivity contribution in [1.82, 2.24) is 10.2 Å². The van der Waals surface area contributed by atoms with Crippen LogP contribution in [0.2, 0.25) is 0 Å². The number of hydrogen-bond donors (Lipinski definition) is 1. The fourth-order valence-corrected chi connectivity index (χ4v) is 6.11. The average molecular weight is 594 g/mol. The molecule has 3 aromatic carbocycles. The van der Waals surface area contributed by atoms with E-state index in [0.717, 1.165) is 26.6 Å². The Morgan fingerprint density at radius 2 is 1.55 bits per heavy atom. The second-order valence-electron chi connectivity index (χ2n) is 11.1. The topological polar surface area (TPSA) is 96.0 Å². The van der Waals surface area contributed by atoms with Crippen molar-refractivity contribution in [2.24, 2.45) is 5.92 Å². The van der Waals surface area contributed by atoms with Crippen molar-refractivity contribution in [3.63, 3.8) is 0 Å². The van der Waals surface area contributed by atoms with E-state index in [4.69, 9.17) is 4.74 Å². The van der Waals surface area contributed by atoms with E-state index in [1.165, 1.54) is 24.1 Å². The van der Waals surface area contributed by atoms with Crippen molar-refractivity contribution < 1.29 is 22.7 Å². The summed E-state index contributed by atoms with van der Waals surface area (Å²) in [5, 5.41) is 2.95. The van der Waals surface area contributed by atoms with Crippen molar-refractivity contribution in [3.05, 3.63) is 89.0 Å². The van der Waals surface area contributed by atoms with Crippen LogP contribution >= 0.6 is 0 Å². The van der Waals surface area contributed by atoms with Crippen LogP contribution < -0.4 is 14.4 Å². The zero-order valence-electron chi connectivity index (χ0n) is 25.7. The summed E-state index contributed by atoms with van der Waals surface area (Å²) in [6.07, 6.45) is 0.361. The lowest BCUT2D eigenvalue weighted by Gasteiger charge is -2.33. The third-order valence-electron chi connectivity index (χ3n) is 7.00. The first-order chi connectivity index (χ1) is 19.9. The van der Waals surface area contributed by atoms with Gasteiger partial charge in [-0.05, 0) is 68.5 Å². The molecule has 0 radical (unpaired) electrons. The molecule has 0 aliphatic rings. The van der Waals surface area contributed by atoms with E-state index in [9.17, 15) is 18.0 Å². The van der Waals surface area contributed by atoms with E-state index in [2.05, 4.69) is 5.32 Å². The van der Waals surface area contributed by atoms with Gasteiger partial charge in [0.25, 0.3) is 10.0 Å². The lowest BCUT2D eigenvalue weighted by Crippen LogP contribution is -2.52. The van der Waals surface area contributed by atoms with Gasteiger partial charge in [-0.3, -0.25) is 13.9 Å². The van der Waals surface area contributed by atoms with Crippen molar-refractivity contribution >= 4 is 27.5 Å². The van der Waals surface area contributed by atoms with E-state index < -0.39 is 28.5 Å². The lowest BCUT2D eigenvalue weighted by atomic mass is 10.1. The molecule has 9 heteroatoms. The molecule has 0 aliphatic heterocycles. The van der Waals surface area contributed by atoms with Crippen molar-refractivity contribution in [3.8, 4) is 5.75 Å². The van der Waals surface area contributed by atoms with Crippen LogP contribution in [0.3, 0.4) is 0 Å². The van der Waals surface area contributed by atoms with Gasteiger partial charge in [0.1, 0.15) is 18.3 Å². The molecule has 1 N–H and O–H groups in total. The zero-order chi connectivity index (χ0) is 31.0. The smallest absolute Gasteiger partial charge is 0.264 e. The largest absolute Gasteiger partial charge is 0.495 e. The number of amides is 2. The average Bonchev–Trinajstić information content (AvgIpc) is 2.94. The van der Waals surface area contributed by atoms with Gasteiger partial charge >= 0.3 is 0 Å². The highest BCUT2D eigenvalue weighted by Crippen LogP contribution is 2.34. The van der Waals surface area contributed by atoms with Crippen molar-refractivity contribution in [1.29, 1.82) is 0 Å². The van der Waals surface area contributed by atoms with Crippen LogP contribution in [0.4, 0.5) is 5.69 Å². The van der Waals surface area contributed by atoms with Gasteiger partial charge in [-0.2, -0.15) is 0 Å². The number of ether oxygens (including phenoxy) is 1. The summed E-state index contributed by atoms with van der Waals surface area (Å²) in [6.45, 7) is 11.6. The summed E-state index contributed by atoms with van der Waals surface area (Å²) < 4.78 is 35.0. The van der Waals surface area contributed by atoms with Gasteiger partial charge in [0, 0.05) is 13.1 Å². The highest BCUT2D eigenvalue weighted by atomic mass is 32.2. The molecule has 0 fully saturated rings. The third-order valence-corrected chi connectivity index (χ3v) is 8.77. The molecule has 0 bridgehead atoms. The van der Waals surface area contributed by atoms with E-state index in [1.54, 1.807) is 24.3 Å². The van der Waals surface area contributed by atoms with Crippen LogP contribution in [0.5, 0.6) is 5.75 Å². The number of sulfonamides is 1. The minimum atomic E-state index is -4.20. The molecule has 0 saturated carbocycles. The van der Waals surface area contributed by atoms with E-state index >= 15 is 0 Å². The number of nitrogens with zero attached hydrogens (tertiary/aromatic N) is 2. The first kappa shape index (κ1) is 32.7. The molecule has 0 aromatic heterocycles. The number of nitrogens with one attached hydrogen (secondary N) is 1. The Hall–Kier alpha value is -3.85. The third kappa shape index (κ3) is 8.12. The Morgan fingerprint density at radius 3 is 2.14 bits per heavy atom. The van der Waals surface area contributed by atoms with Crippen LogP contribution in [0.15, 0.2) is 71.6 Å². The second-order valence-corrected chi connectivity index (χ2v) is 12.9. The molecule has 42 heavy (non-hydrogen) atoms. The zero-order valence-corrected chi connectivity index (χ0v) is 26.5. The highest BCUT2D eigenvalue weighted by molar-refractivity contribution is 7.92. The summed E-state index contributed by atoms with van der Waals surface area (Å²) in [5.74, 6) is -0.220. The molecule has 8 nitrogen and oxygen atoms in total. The van der Waals surface area contributed by atoms with Gasteiger partial charge in [-0.15, -0.1) is 0 Å². The Kier molecular flexibility index (Phi) is 11.2. The molecule has 0 spiro atoms. The van der Waals surface area contributed by atoms with Crippen LogP contribution in [0, 0.1) is 26.7 Å². The summed E-state index contributed by atoms with van der Waals surface area (Å²) in [5.41, 5.74) is 3.83. The number of hydrogen-bond acceptors (Lipinski definition) is 5. The number of carbonyl (C=O) groups excluding carboxylic acids is 2. The Bertz CT molecular complexity index is 1490. The van der Waals surface area contributed by atoms with Crippen LogP contribution in [-0.2, 0) is 26.2 Å². The minimum Gasteiger partial charge on any atom is -0.495 e. The van der Waals surface area contributed by atoms with Gasteiger partial charge in [-0.25, -0.2) is 8.42 Å². The van der Waals surface area contributed by atoms with Gasteiger partial charge in [-0.1, -0.05) is 74.4 Å². The molecule has 0 unspecified atom stereocenters. The number of anilines is 1. The molecule has 0 aliphatic carbocycles. The molecule has 226 valence electrons. The standard InChI is InChI=1S/C33H43N3O5S/c1-8-29(33(38)34-20-23(2)3)35(21-27-11-9-10-25(5)18-27)32(37)22-36(30-19-26(6)14-17-31(30)41-7)42(39,40)28-15-12-24(4)13-16-28/h9-19,23,29H,8,20-22H2,1-7H3,(H,34,38)/t29-/m0/s1. The van der Waals surface area contributed by atoms with Gasteiger partial charge in [0.2, 0.25) is 11.8 Å². The van der Waals surface area contributed by atoms with E-state index in [-0.39, 0.29) is 29.0 Å². The quantitative estimate of drug-likeness (QED) is 0.287. The van der Waals surface area contributed by atoms with E-state index in [1.807, 2.05) is 71.9 Å². The van der Waals surface area contributed by atoms with Crippen LogP contribution in [-0.4, -0.2) is 51.4 Å². The maximum Gasteiger partial charge on any atom is 0.264 e. The fraction of sp³-hybridized carbons (Fsp3) is 0.394. The normalized spacial score (nSPS) is 12.1. The fourth-order valence-electron chi connectivity index (χ4n) is 4.69. The number of benzene rings is 3. The Morgan fingerprint density at radius 1 is 0.905 bits per heavy atom. The number of aryl methyl sites for hydroxylation is 3. The molecular formula is C33H43N3O5S. The predicted octanol–water partition coefficient (Wildman–Crippen LogP) is 5.40. The van der Waals surface area contributed by atoms with Crippen molar-refractivity contribution in [2.75, 3.05) is 24.5 Å². The molecular weight excluding hydrogens is 550 g/mol. The summed E-state index contributed by atoms with van der Waals surface area (Å²) >= 11 is 0. The summed E-state index contributed by atoms with van der Waals surface area (Å²) in [7, 11) is -2.74. The summed E-state index contributed by atoms with van der Waals surface area (Å²) in [4.78, 5) is 29.2. The lowest BCUT2D eigenvalue weighted by molar-refractivity contribution is -0.140.